The molecule has 1 spiro atoms. The van der Waals surface area contributed by atoms with Crippen LogP contribution in [0.1, 0.15) is 81.8 Å². The lowest BCUT2D eigenvalue weighted by Crippen LogP contribution is -2.75. The largest absolute Gasteiger partial charge is 0.390 e. The Balaban J connectivity index is 1.29. The Morgan fingerprint density at radius 3 is 2.25 bits per heavy atom. The molecule has 1 unspecified atom stereocenters. The van der Waals surface area contributed by atoms with E-state index in [-0.39, 0.29) is 17.7 Å². The maximum atomic E-state index is 13.9. The Morgan fingerprint density at radius 1 is 0.950 bits per heavy atom. The van der Waals surface area contributed by atoms with Gasteiger partial charge in [0.05, 0.1) is 6.10 Å². The summed E-state index contributed by atoms with van der Waals surface area (Å²) in [6.45, 7) is 5.17. The van der Waals surface area contributed by atoms with Crippen LogP contribution in [0.3, 0.4) is 0 Å². The van der Waals surface area contributed by atoms with Gasteiger partial charge in [0.1, 0.15) is 11.6 Å². The summed E-state index contributed by atoms with van der Waals surface area (Å²) in [7, 11) is 0. The van der Waals surface area contributed by atoms with Crippen LogP contribution < -0.4 is 5.32 Å². The van der Waals surface area contributed by atoms with Crippen molar-refractivity contribution in [1.29, 1.82) is 0 Å². The number of carbonyl (C=O) groups excluding carboxylic acids is 2. The molecule has 216 valence electrons. The monoisotopic (exact) mass is 545 g/mol. The number of nitrogens with zero attached hydrogens (tertiary/aromatic N) is 2. The van der Waals surface area contributed by atoms with Gasteiger partial charge in [-0.15, -0.1) is 0 Å². The van der Waals surface area contributed by atoms with Crippen molar-refractivity contribution in [3.63, 3.8) is 0 Å². The first-order valence-corrected chi connectivity index (χ1v) is 15.6. The third kappa shape index (κ3) is 6.28. The molecule has 3 atom stereocenters. The van der Waals surface area contributed by atoms with Crippen LogP contribution >= 0.6 is 0 Å². The van der Waals surface area contributed by atoms with Gasteiger partial charge < -0.3 is 20.2 Å². The van der Waals surface area contributed by atoms with Gasteiger partial charge in [0, 0.05) is 32.1 Å². The van der Waals surface area contributed by atoms with Gasteiger partial charge in [0.15, 0.2) is 0 Å². The van der Waals surface area contributed by atoms with E-state index in [1.807, 2.05) is 4.90 Å². The molecule has 0 radical (unpaired) electrons. The Labute approximate surface area is 240 Å². The first-order chi connectivity index (χ1) is 19.5. The van der Waals surface area contributed by atoms with Crippen LogP contribution in [0.15, 0.2) is 60.7 Å². The van der Waals surface area contributed by atoms with Crippen molar-refractivity contribution >= 4 is 11.8 Å². The normalized spacial score (nSPS) is 23.6. The van der Waals surface area contributed by atoms with Crippen molar-refractivity contribution in [3.8, 4) is 0 Å². The molecule has 2 aromatic rings. The topological polar surface area (TPSA) is 72.9 Å². The van der Waals surface area contributed by atoms with E-state index in [0.29, 0.717) is 25.3 Å². The summed E-state index contributed by atoms with van der Waals surface area (Å²) in [6, 6.07) is 20.6. The van der Waals surface area contributed by atoms with E-state index < -0.39 is 17.7 Å². The number of piperazine rings is 1. The van der Waals surface area contributed by atoms with E-state index in [4.69, 9.17) is 0 Å². The Hall–Kier alpha value is -2.70. The fourth-order valence-corrected chi connectivity index (χ4v) is 7.28. The average Bonchev–Trinajstić information content (AvgIpc) is 3.00. The summed E-state index contributed by atoms with van der Waals surface area (Å²) in [5.74, 6) is 0.301. The molecule has 2 N–H and O–H groups in total. The van der Waals surface area contributed by atoms with Crippen molar-refractivity contribution in [2.24, 2.45) is 5.92 Å². The summed E-state index contributed by atoms with van der Waals surface area (Å²) >= 11 is 0. The third-order valence-electron chi connectivity index (χ3n) is 9.73. The molecule has 2 amide bonds. The van der Waals surface area contributed by atoms with E-state index in [9.17, 15) is 14.7 Å². The van der Waals surface area contributed by atoms with Gasteiger partial charge in [-0.1, -0.05) is 93.3 Å². The molecule has 3 fully saturated rings. The Bertz CT molecular complexity index is 1090. The van der Waals surface area contributed by atoms with Crippen LogP contribution in [0.2, 0.25) is 0 Å². The number of rotatable bonds is 10. The van der Waals surface area contributed by atoms with Gasteiger partial charge in [-0.2, -0.15) is 0 Å². The number of hydrogen-bond acceptors (Lipinski definition) is 4. The molecular weight excluding hydrogens is 498 g/mol. The maximum Gasteiger partial charge on any atom is 0.248 e. The quantitative estimate of drug-likeness (QED) is 0.445. The number of aliphatic hydroxyl groups is 1. The van der Waals surface area contributed by atoms with Gasteiger partial charge in [0.25, 0.3) is 0 Å². The standard InChI is InChI=1S/C34H47N3O3/c1-2-3-21-37-32(39)30(31(38)28-17-11-6-12-18-28)35-33(40)34(37)19-22-36(23-20-34)25-29(27-15-9-5-10-16-27)24-26-13-7-4-8-14-26/h4-5,7-10,13-16,28-31,38H,2-3,6,11-12,17-25H2,1H3,(H,35,40)/t29?,30-,31-/m1/s1. The number of piperidine rings is 1. The highest BCUT2D eigenvalue weighted by Gasteiger charge is 2.55. The summed E-state index contributed by atoms with van der Waals surface area (Å²) in [5, 5.41) is 14.3. The first kappa shape index (κ1) is 28.8. The van der Waals surface area contributed by atoms with Gasteiger partial charge in [0.2, 0.25) is 11.8 Å². The highest BCUT2D eigenvalue weighted by atomic mass is 16.3. The number of amides is 2. The van der Waals surface area contributed by atoms with Gasteiger partial charge in [-0.25, -0.2) is 0 Å². The predicted octanol–water partition coefficient (Wildman–Crippen LogP) is 4.92. The molecule has 2 aliphatic heterocycles. The second-order valence-corrected chi connectivity index (χ2v) is 12.3. The van der Waals surface area contributed by atoms with Gasteiger partial charge in [-0.3, -0.25) is 9.59 Å². The Kier molecular flexibility index (Phi) is 9.59. The van der Waals surface area contributed by atoms with Crippen molar-refractivity contribution < 1.29 is 14.7 Å². The third-order valence-corrected chi connectivity index (χ3v) is 9.73. The molecule has 2 heterocycles. The van der Waals surface area contributed by atoms with Crippen molar-refractivity contribution in [1.82, 2.24) is 15.1 Å². The molecule has 6 heteroatoms. The molecule has 6 nitrogen and oxygen atoms in total. The fraction of sp³-hybridized carbons (Fsp3) is 0.588. The van der Waals surface area contributed by atoms with Crippen molar-refractivity contribution in [2.45, 2.75) is 94.7 Å². The molecule has 1 saturated carbocycles. The van der Waals surface area contributed by atoms with Crippen LogP contribution in [0.25, 0.3) is 0 Å². The minimum Gasteiger partial charge on any atom is -0.390 e. The number of nitrogens with one attached hydrogen (secondary N) is 1. The van der Waals surface area contributed by atoms with Crippen LogP contribution in [-0.2, 0) is 16.0 Å². The van der Waals surface area contributed by atoms with E-state index >= 15 is 0 Å². The summed E-state index contributed by atoms with van der Waals surface area (Å²) in [6.07, 6.45) is 8.48. The average molecular weight is 546 g/mol. The molecule has 5 rings (SSSR count). The molecule has 2 aromatic carbocycles. The number of unbranched alkanes of at least 4 members (excludes halogenated alkanes) is 1. The second-order valence-electron chi connectivity index (χ2n) is 12.3. The van der Waals surface area contributed by atoms with E-state index in [2.05, 4.69) is 77.8 Å². The van der Waals surface area contributed by atoms with Gasteiger partial charge >= 0.3 is 0 Å². The van der Waals surface area contributed by atoms with Crippen LogP contribution in [0, 0.1) is 5.92 Å². The van der Waals surface area contributed by atoms with E-state index in [1.165, 1.54) is 17.5 Å². The zero-order chi connectivity index (χ0) is 28.0. The molecule has 2 saturated heterocycles. The molecular formula is C34H47N3O3. The number of carbonyl (C=O) groups is 2. The minimum absolute atomic E-state index is 0.0633. The van der Waals surface area contributed by atoms with Crippen LogP contribution in [0.4, 0.5) is 0 Å². The zero-order valence-electron chi connectivity index (χ0n) is 24.1. The minimum atomic E-state index is -0.815. The number of likely N-dealkylation sites (tertiary alicyclic amines) is 1. The highest BCUT2D eigenvalue weighted by molar-refractivity contribution is 6.00. The molecule has 1 aliphatic carbocycles. The molecule has 0 bridgehead atoms. The first-order valence-electron chi connectivity index (χ1n) is 15.6. The second kappa shape index (κ2) is 13.3. The number of aliphatic hydroxyl groups excluding tert-OH is 1. The summed E-state index contributed by atoms with van der Waals surface area (Å²) in [4.78, 5) is 32.1. The zero-order valence-corrected chi connectivity index (χ0v) is 24.1. The lowest BCUT2D eigenvalue weighted by atomic mass is 9.77. The summed E-state index contributed by atoms with van der Waals surface area (Å²) < 4.78 is 0. The number of benzene rings is 2. The molecule has 0 aromatic heterocycles. The lowest BCUT2D eigenvalue weighted by molar-refractivity contribution is -0.166. The SMILES string of the molecule is CCCCN1C(=O)[C@@H]([C@H](O)C2CCCCC2)NC(=O)C12CCN(CC(Cc1ccccc1)c1ccccc1)CC2. The highest BCUT2D eigenvalue weighted by Crippen LogP contribution is 2.37. The van der Waals surface area contributed by atoms with E-state index in [1.54, 1.807) is 0 Å². The van der Waals surface area contributed by atoms with Crippen molar-refractivity contribution in [2.75, 3.05) is 26.2 Å². The summed E-state index contributed by atoms with van der Waals surface area (Å²) in [5.41, 5.74) is 1.85. The fourth-order valence-electron chi connectivity index (χ4n) is 7.28. The smallest absolute Gasteiger partial charge is 0.248 e. The molecule has 3 aliphatic rings. The van der Waals surface area contributed by atoms with E-state index in [0.717, 1.165) is 64.6 Å². The lowest BCUT2D eigenvalue weighted by Gasteiger charge is -2.53. The Morgan fingerprint density at radius 2 is 1.60 bits per heavy atom. The van der Waals surface area contributed by atoms with Crippen molar-refractivity contribution in [3.05, 3.63) is 71.8 Å². The molecule has 40 heavy (non-hydrogen) atoms. The van der Waals surface area contributed by atoms with Crippen LogP contribution in [-0.4, -0.2) is 70.6 Å². The van der Waals surface area contributed by atoms with Gasteiger partial charge in [-0.05, 0) is 55.6 Å². The number of hydrogen-bond donors (Lipinski definition) is 2. The maximum absolute atomic E-state index is 13.9. The van der Waals surface area contributed by atoms with Crippen LogP contribution in [0.5, 0.6) is 0 Å². The predicted molar refractivity (Wildman–Crippen MR) is 159 cm³/mol.